The van der Waals surface area contributed by atoms with E-state index >= 15 is 0 Å². The summed E-state index contributed by atoms with van der Waals surface area (Å²) in [6.07, 6.45) is 0. The Morgan fingerprint density at radius 2 is 2.00 bits per heavy atom. The molecule has 0 bridgehead atoms. The van der Waals surface area contributed by atoms with Gasteiger partial charge in [0.15, 0.2) is 17.5 Å². The summed E-state index contributed by atoms with van der Waals surface area (Å²) in [6.45, 7) is 1.30. The fraction of sp³-hybridized carbons (Fsp3) is 0.364. The molecular weight excluding hydrogens is 249 g/mol. The molecule has 7 heteroatoms. The van der Waals surface area contributed by atoms with Crippen LogP contribution in [0.15, 0.2) is 12.1 Å². The largest absolute Gasteiger partial charge is 0.395 e. The Morgan fingerprint density at radius 3 is 2.61 bits per heavy atom. The molecule has 18 heavy (non-hydrogen) atoms. The van der Waals surface area contributed by atoms with Crippen LogP contribution < -0.4 is 10.6 Å². The summed E-state index contributed by atoms with van der Waals surface area (Å²) in [5.41, 5.74) is -0.433. The Labute approximate surface area is 102 Å². The minimum absolute atomic E-state index is 0.160. The lowest BCUT2D eigenvalue weighted by Gasteiger charge is -2.11. The number of anilines is 1. The fourth-order valence-electron chi connectivity index (χ4n) is 1.15. The van der Waals surface area contributed by atoms with Gasteiger partial charge in [-0.1, -0.05) is 0 Å². The van der Waals surface area contributed by atoms with E-state index in [1.807, 2.05) is 0 Å². The molecule has 100 valence electrons. The number of carbonyl (C=O) groups is 1. The van der Waals surface area contributed by atoms with E-state index in [0.717, 1.165) is 12.1 Å². The summed E-state index contributed by atoms with van der Waals surface area (Å²) < 4.78 is 38.7. The van der Waals surface area contributed by atoms with Crippen LogP contribution in [0.25, 0.3) is 0 Å². The highest BCUT2D eigenvalue weighted by atomic mass is 19.2. The molecule has 0 spiro atoms. The van der Waals surface area contributed by atoms with Gasteiger partial charge in [-0.15, -0.1) is 0 Å². The molecule has 1 aromatic carbocycles. The zero-order valence-corrected chi connectivity index (χ0v) is 9.64. The first kappa shape index (κ1) is 14.5. The predicted octanol–water partition coefficient (Wildman–Crippen LogP) is 1.01. The maximum atomic E-state index is 13.2. The normalized spacial score (nSPS) is 12.3. The first-order valence-corrected chi connectivity index (χ1v) is 5.23. The lowest BCUT2D eigenvalue weighted by atomic mass is 10.2. The summed E-state index contributed by atoms with van der Waals surface area (Å²) in [7, 11) is 0. The van der Waals surface area contributed by atoms with E-state index in [1.54, 1.807) is 6.92 Å². The zero-order valence-electron chi connectivity index (χ0n) is 9.64. The Hall–Kier alpha value is -1.60. The Bertz CT molecular complexity index is 441. The van der Waals surface area contributed by atoms with E-state index in [2.05, 4.69) is 10.6 Å². The van der Waals surface area contributed by atoms with Crippen LogP contribution in [0.5, 0.6) is 0 Å². The Morgan fingerprint density at radius 1 is 1.33 bits per heavy atom. The van der Waals surface area contributed by atoms with Crippen molar-refractivity contribution in [2.24, 2.45) is 0 Å². The average molecular weight is 262 g/mol. The van der Waals surface area contributed by atoms with Crippen molar-refractivity contribution in [3.63, 3.8) is 0 Å². The van der Waals surface area contributed by atoms with Crippen LogP contribution in [0, 0.1) is 17.5 Å². The molecule has 0 aliphatic heterocycles. The van der Waals surface area contributed by atoms with E-state index in [1.165, 1.54) is 0 Å². The van der Waals surface area contributed by atoms with Gasteiger partial charge in [0.05, 0.1) is 18.8 Å². The second-order valence-corrected chi connectivity index (χ2v) is 3.74. The zero-order chi connectivity index (χ0) is 13.7. The number of hydrogen-bond acceptors (Lipinski definition) is 3. The van der Waals surface area contributed by atoms with Gasteiger partial charge in [0.2, 0.25) is 5.91 Å². The molecule has 0 unspecified atom stereocenters. The van der Waals surface area contributed by atoms with Crippen LogP contribution in [-0.4, -0.2) is 30.2 Å². The molecule has 0 aromatic heterocycles. The van der Waals surface area contributed by atoms with Crippen LogP contribution in [0.2, 0.25) is 0 Å². The highest BCUT2D eigenvalue weighted by molar-refractivity contribution is 5.92. The van der Waals surface area contributed by atoms with Crippen molar-refractivity contribution in [2.75, 3.05) is 18.5 Å². The molecule has 0 aliphatic rings. The highest BCUT2D eigenvalue weighted by Crippen LogP contribution is 2.19. The smallest absolute Gasteiger partial charge is 0.238 e. The number of benzene rings is 1. The van der Waals surface area contributed by atoms with Crippen LogP contribution in [-0.2, 0) is 4.79 Å². The molecule has 0 heterocycles. The van der Waals surface area contributed by atoms with Crippen LogP contribution in [0.3, 0.4) is 0 Å². The maximum Gasteiger partial charge on any atom is 0.238 e. The molecule has 1 amide bonds. The topological polar surface area (TPSA) is 61.4 Å². The van der Waals surface area contributed by atoms with Crippen molar-refractivity contribution >= 4 is 11.6 Å². The van der Waals surface area contributed by atoms with Gasteiger partial charge in [-0.2, -0.15) is 0 Å². The van der Waals surface area contributed by atoms with E-state index in [9.17, 15) is 18.0 Å². The van der Waals surface area contributed by atoms with Crippen molar-refractivity contribution < 1.29 is 23.1 Å². The van der Waals surface area contributed by atoms with Gasteiger partial charge in [0.25, 0.3) is 0 Å². The molecule has 0 saturated heterocycles. The second-order valence-electron chi connectivity index (χ2n) is 3.74. The van der Waals surface area contributed by atoms with Crippen molar-refractivity contribution in [1.82, 2.24) is 5.32 Å². The summed E-state index contributed by atoms with van der Waals surface area (Å²) in [6, 6.07) is 1.35. The van der Waals surface area contributed by atoms with Gasteiger partial charge in [-0.3, -0.25) is 4.79 Å². The summed E-state index contributed by atoms with van der Waals surface area (Å²) in [5.74, 6) is -5.03. The first-order valence-electron chi connectivity index (χ1n) is 5.23. The molecule has 4 nitrogen and oxygen atoms in total. The van der Waals surface area contributed by atoms with Crippen LogP contribution in [0.1, 0.15) is 6.92 Å². The third-order valence-corrected chi connectivity index (χ3v) is 2.19. The van der Waals surface area contributed by atoms with Crippen molar-refractivity contribution in [1.29, 1.82) is 0 Å². The molecule has 1 rings (SSSR count). The summed E-state index contributed by atoms with van der Waals surface area (Å²) in [5, 5.41) is 13.4. The predicted molar refractivity (Wildman–Crippen MR) is 59.5 cm³/mol. The molecule has 0 saturated carbocycles. The monoisotopic (exact) mass is 262 g/mol. The third kappa shape index (κ3) is 3.71. The number of amides is 1. The number of rotatable bonds is 5. The second kappa shape index (κ2) is 6.36. The summed E-state index contributed by atoms with van der Waals surface area (Å²) in [4.78, 5) is 11.3. The number of carbonyl (C=O) groups excluding carboxylic acids is 1. The standard InChI is InChI=1S/C11H13F3N2O2/c1-6(5-17)15-4-9(18)16-8-3-2-7(12)10(13)11(8)14/h2-3,6,15,17H,4-5H2,1H3,(H,16,18)/t6-/m0/s1. The van der Waals surface area contributed by atoms with E-state index < -0.39 is 29.0 Å². The van der Waals surface area contributed by atoms with Crippen LogP contribution >= 0.6 is 0 Å². The fourth-order valence-corrected chi connectivity index (χ4v) is 1.15. The molecule has 1 aromatic rings. The summed E-state index contributed by atoms with van der Waals surface area (Å²) >= 11 is 0. The van der Waals surface area contributed by atoms with Gasteiger partial charge >= 0.3 is 0 Å². The Balaban J connectivity index is 2.63. The van der Waals surface area contributed by atoms with E-state index in [4.69, 9.17) is 5.11 Å². The molecule has 0 aliphatic carbocycles. The Kier molecular flexibility index (Phi) is 5.11. The molecule has 0 fully saturated rings. The van der Waals surface area contributed by atoms with Gasteiger partial charge in [0, 0.05) is 6.04 Å². The lowest BCUT2D eigenvalue weighted by Crippen LogP contribution is -2.36. The van der Waals surface area contributed by atoms with Crippen molar-refractivity contribution in [2.45, 2.75) is 13.0 Å². The van der Waals surface area contributed by atoms with E-state index in [0.29, 0.717) is 0 Å². The van der Waals surface area contributed by atoms with Crippen molar-refractivity contribution in [3.05, 3.63) is 29.6 Å². The number of hydrogen-bond donors (Lipinski definition) is 3. The number of nitrogens with one attached hydrogen (secondary N) is 2. The SMILES string of the molecule is C[C@@H](CO)NCC(=O)Nc1ccc(F)c(F)c1F. The van der Waals surface area contributed by atoms with Gasteiger partial charge in [-0.05, 0) is 19.1 Å². The minimum Gasteiger partial charge on any atom is -0.395 e. The quantitative estimate of drug-likeness (QED) is 0.694. The van der Waals surface area contributed by atoms with Gasteiger partial charge in [-0.25, -0.2) is 13.2 Å². The number of aliphatic hydroxyl groups is 1. The van der Waals surface area contributed by atoms with E-state index in [-0.39, 0.29) is 19.2 Å². The van der Waals surface area contributed by atoms with Gasteiger partial charge in [0.1, 0.15) is 0 Å². The first-order chi connectivity index (χ1) is 8.45. The molecule has 1 atom stereocenters. The van der Waals surface area contributed by atoms with Gasteiger partial charge < -0.3 is 15.7 Å². The maximum absolute atomic E-state index is 13.2. The average Bonchev–Trinajstić information content (AvgIpc) is 2.36. The number of halogens is 3. The van der Waals surface area contributed by atoms with Crippen LogP contribution in [0.4, 0.5) is 18.9 Å². The molecule has 0 radical (unpaired) electrons. The lowest BCUT2D eigenvalue weighted by molar-refractivity contribution is -0.115. The highest BCUT2D eigenvalue weighted by Gasteiger charge is 2.15. The minimum atomic E-state index is -1.63. The third-order valence-electron chi connectivity index (χ3n) is 2.19. The molecular formula is C11H13F3N2O2. The molecule has 3 N–H and O–H groups in total. The number of aliphatic hydroxyl groups excluding tert-OH is 1. The van der Waals surface area contributed by atoms with Crippen molar-refractivity contribution in [3.8, 4) is 0 Å².